The summed E-state index contributed by atoms with van der Waals surface area (Å²) in [5, 5.41) is 11.1. The molecule has 2 heterocycles. The molecule has 0 unspecified atom stereocenters. The number of oxazole rings is 1. The van der Waals surface area contributed by atoms with Crippen LogP contribution in [0.4, 0.5) is 13.9 Å². The molecule has 0 saturated heterocycles. The molecular formula is C21H16F2N4O2S2. The number of nitrogens with zero attached hydrogens (tertiary/aromatic N) is 3. The number of anilines is 1. The van der Waals surface area contributed by atoms with Gasteiger partial charge in [0.05, 0.1) is 11.8 Å². The van der Waals surface area contributed by atoms with Crippen LogP contribution in [0.5, 0.6) is 0 Å². The second-order valence-corrected chi connectivity index (χ2v) is 8.61. The van der Waals surface area contributed by atoms with E-state index in [0.717, 1.165) is 22.2 Å². The maximum Gasteiger partial charge on any atom is 0.226 e. The van der Waals surface area contributed by atoms with Crippen LogP contribution in [0.3, 0.4) is 0 Å². The third-order valence-electron chi connectivity index (χ3n) is 4.19. The number of benzene rings is 2. The molecule has 4 aromatic rings. The molecule has 0 bridgehead atoms. The minimum atomic E-state index is -0.738. The molecular weight excluding hydrogens is 442 g/mol. The van der Waals surface area contributed by atoms with E-state index in [-0.39, 0.29) is 36.0 Å². The Morgan fingerprint density at radius 2 is 1.84 bits per heavy atom. The summed E-state index contributed by atoms with van der Waals surface area (Å²) in [7, 11) is 0. The van der Waals surface area contributed by atoms with E-state index in [1.54, 1.807) is 11.8 Å². The lowest BCUT2D eigenvalue weighted by atomic mass is 10.1. The van der Waals surface area contributed by atoms with Gasteiger partial charge in [-0.2, -0.15) is 0 Å². The van der Waals surface area contributed by atoms with Crippen molar-refractivity contribution in [2.75, 3.05) is 5.32 Å². The standard InChI is InChI=1S/C21H16F2N4O2S2/c22-14-7-4-8-15(23)19(14)16-11-24-18(29-16)10-9-17(28)25-20-26-27-21(31-20)30-12-13-5-2-1-3-6-13/h1-8,11H,9-10,12H2,(H,25,26,28). The molecule has 158 valence electrons. The molecule has 6 nitrogen and oxygen atoms in total. The topological polar surface area (TPSA) is 80.9 Å². The van der Waals surface area contributed by atoms with E-state index in [1.165, 1.54) is 29.2 Å². The maximum absolute atomic E-state index is 13.8. The predicted octanol–water partition coefficient (Wildman–Crippen LogP) is 5.33. The number of aryl methyl sites for hydroxylation is 1. The quantitative estimate of drug-likeness (QED) is 0.284. The van der Waals surface area contributed by atoms with E-state index in [0.29, 0.717) is 5.13 Å². The third-order valence-corrected chi connectivity index (χ3v) is 6.23. The van der Waals surface area contributed by atoms with Crippen LogP contribution in [0, 0.1) is 11.6 Å². The van der Waals surface area contributed by atoms with Crippen molar-refractivity contribution >= 4 is 34.1 Å². The summed E-state index contributed by atoms with van der Waals surface area (Å²) in [4.78, 5) is 16.2. The summed E-state index contributed by atoms with van der Waals surface area (Å²) >= 11 is 2.84. The van der Waals surface area contributed by atoms with Gasteiger partial charge in [0.15, 0.2) is 16.0 Å². The van der Waals surface area contributed by atoms with Gasteiger partial charge in [-0.25, -0.2) is 13.8 Å². The highest BCUT2D eigenvalue weighted by Gasteiger charge is 2.16. The van der Waals surface area contributed by atoms with E-state index >= 15 is 0 Å². The summed E-state index contributed by atoms with van der Waals surface area (Å²) < 4.78 is 33.9. The highest BCUT2D eigenvalue weighted by Crippen LogP contribution is 2.29. The zero-order valence-electron chi connectivity index (χ0n) is 16.0. The lowest BCUT2D eigenvalue weighted by Crippen LogP contribution is -2.12. The Morgan fingerprint density at radius 1 is 1.06 bits per heavy atom. The fourth-order valence-corrected chi connectivity index (χ4v) is 4.44. The Bertz CT molecular complexity index is 1160. The summed E-state index contributed by atoms with van der Waals surface area (Å²) in [6.07, 6.45) is 1.50. The average molecular weight is 459 g/mol. The van der Waals surface area contributed by atoms with Gasteiger partial charge >= 0.3 is 0 Å². The Balaban J connectivity index is 1.28. The number of aromatic nitrogens is 3. The van der Waals surface area contributed by atoms with Crippen LogP contribution in [0.15, 0.2) is 63.5 Å². The summed E-state index contributed by atoms with van der Waals surface area (Å²) in [6, 6.07) is 13.5. The Morgan fingerprint density at radius 3 is 2.61 bits per heavy atom. The Hall–Kier alpha value is -3.11. The van der Waals surface area contributed by atoms with Crippen molar-refractivity contribution in [2.24, 2.45) is 0 Å². The first-order chi connectivity index (χ1) is 15.1. The monoisotopic (exact) mass is 458 g/mol. The van der Waals surface area contributed by atoms with E-state index < -0.39 is 11.6 Å². The number of nitrogens with one attached hydrogen (secondary N) is 1. The van der Waals surface area contributed by atoms with Crippen LogP contribution in [0.2, 0.25) is 0 Å². The van der Waals surface area contributed by atoms with Crippen LogP contribution in [-0.4, -0.2) is 21.1 Å². The van der Waals surface area contributed by atoms with Crippen molar-refractivity contribution in [1.29, 1.82) is 0 Å². The molecule has 4 rings (SSSR count). The lowest BCUT2D eigenvalue weighted by molar-refractivity contribution is -0.116. The number of hydrogen-bond donors (Lipinski definition) is 1. The van der Waals surface area contributed by atoms with Gasteiger partial charge in [-0.1, -0.05) is 59.5 Å². The van der Waals surface area contributed by atoms with E-state index in [2.05, 4.69) is 20.5 Å². The van der Waals surface area contributed by atoms with Crippen molar-refractivity contribution in [3.63, 3.8) is 0 Å². The molecule has 1 amide bonds. The molecule has 1 N–H and O–H groups in total. The van der Waals surface area contributed by atoms with Crippen molar-refractivity contribution in [1.82, 2.24) is 15.2 Å². The molecule has 0 saturated carbocycles. The van der Waals surface area contributed by atoms with E-state index in [1.807, 2.05) is 30.3 Å². The van der Waals surface area contributed by atoms with Crippen molar-refractivity contribution < 1.29 is 18.0 Å². The Kier molecular flexibility index (Phi) is 6.68. The van der Waals surface area contributed by atoms with Gasteiger partial charge in [-0.15, -0.1) is 10.2 Å². The zero-order valence-corrected chi connectivity index (χ0v) is 17.7. The number of amides is 1. The normalized spacial score (nSPS) is 10.9. The molecule has 10 heteroatoms. The van der Waals surface area contributed by atoms with Gasteiger partial charge in [-0.05, 0) is 17.7 Å². The minimum absolute atomic E-state index is 0.0183. The SMILES string of the molecule is O=C(CCc1ncc(-c2c(F)cccc2F)o1)Nc1nnc(SCc2ccccc2)s1. The van der Waals surface area contributed by atoms with Gasteiger partial charge < -0.3 is 9.73 Å². The third kappa shape index (κ3) is 5.53. The molecule has 0 aliphatic heterocycles. The summed E-state index contributed by atoms with van der Waals surface area (Å²) in [6.45, 7) is 0. The molecule has 2 aromatic heterocycles. The van der Waals surface area contributed by atoms with Crippen molar-refractivity contribution in [3.8, 4) is 11.3 Å². The van der Waals surface area contributed by atoms with E-state index in [9.17, 15) is 13.6 Å². The van der Waals surface area contributed by atoms with Crippen LogP contribution in [0.25, 0.3) is 11.3 Å². The fraction of sp³-hybridized carbons (Fsp3) is 0.143. The average Bonchev–Trinajstić information content (AvgIpc) is 3.41. The Labute approximate surface area is 184 Å². The van der Waals surface area contributed by atoms with Crippen LogP contribution in [-0.2, 0) is 17.0 Å². The van der Waals surface area contributed by atoms with Crippen LogP contribution >= 0.6 is 23.1 Å². The largest absolute Gasteiger partial charge is 0.441 e. The number of hydrogen-bond acceptors (Lipinski definition) is 7. The number of carbonyl (C=O) groups is 1. The smallest absolute Gasteiger partial charge is 0.226 e. The molecule has 0 aliphatic rings. The predicted molar refractivity (Wildman–Crippen MR) is 115 cm³/mol. The lowest BCUT2D eigenvalue weighted by Gasteiger charge is -2.01. The number of carbonyl (C=O) groups excluding carboxylic acids is 1. The molecule has 31 heavy (non-hydrogen) atoms. The second kappa shape index (κ2) is 9.80. The zero-order chi connectivity index (χ0) is 21.6. The number of thioether (sulfide) groups is 1. The highest BCUT2D eigenvalue weighted by molar-refractivity contribution is 8.00. The highest BCUT2D eigenvalue weighted by atomic mass is 32.2. The first kappa shape index (κ1) is 21.1. The second-order valence-electron chi connectivity index (χ2n) is 6.41. The molecule has 2 aromatic carbocycles. The van der Waals surface area contributed by atoms with Crippen LogP contribution in [0.1, 0.15) is 17.9 Å². The molecule has 0 spiro atoms. The van der Waals surface area contributed by atoms with Gasteiger partial charge in [0.2, 0.25) is 11.0 Å². The first-order valence-electron chi connectivity index (χ1n) is 9.27. The first-order valence-corrected chi connectivity index (χ1v) is 11.1. The van der Waals surface area contributed by atoms with Gasteiger partial charge in [-0.3, -0.25) is 4.79 Å². The van der Waals surface area contributed by atoms with Crippen LogP contribution < -0.4 is 5.32 Å². The van der Waals surface area contributed by atoms with Crippen molar-refractivity contribution in [3.05, 3.63) is 77.8 Å². The summed E-state index contributed by atoms with van der Waals surface area (Å²) in [5.74, 6) is -0.805. The van der Waals surface area contributed by atoms with Gasteiger partial charge in [0.25, 0.3) is 0 Å². The molecule has 0 fully saturated rings. The molecule has 0 atom stereocenters. The van der Waals surface area contributed by atoms with Gasteiger partial charge in [0, 0.05) is 18.6 Å². The van der Waals surface area contributed by atoms with Gasteiger partial charge in [0.1, 0.15) is 11.6 Å². The number of halogens is 2. The maximum atomic E-state index is 13.8. The molecule has 0 radical (unpaired) electrons. The van der Waals surface area contributed by atoms with Crippen molar-refractivity contribution in [2.45, 2.75) is 22.9 Å². The minimum Gasteiger partial charge on any atom is -0.441 e. The molecule has 0 aliphatic carbocycles. The van der Waals surface area contributed by atoms with E-state index in [4.69, 9.17) is 4.42 Å². The number of rotatable bonds is 8. The fourth-order valence-electron chi connectivity index (χ4n) is 2.71. The summed E-state index contributed by atoms with van der Waals surface area (Å²) in [5.41, 5.74) is 0.897.